The number of hydrogen-bond donors (Lipinski definition) is 1. The summed E-state index contributed by atoms with van der Waals surface area (Å²) in [5, 5.41) is 8.88. The molecule has 1 amide bonds. The van der Waals surface area contributed by atoms with Gasteiger partial charge in [0.1, 0.15) is 0 Å². The third-order valence-electron chi connectivity index (χ3n) is 4.74. The van der Waals surface area contributed by atoms with Crippen LogP contribution >= 0.6 is 0 Å². The first-order valence-corrected chi connectivity index (χ1v) is 9.46. The van der Waals surface area contributed by atoms with E-state index in [4.69, 9.17) is 5.11 Å². The predicted octanol–water partition coefficient (Wildman–Crippen LogP) is 1.02. The molecule has 130 valence electrons. The SMILES string of the molecule is O=C(O)c1ccc(S(=O)(=O)N2CCN(C(=O)C3CCC3)CC2)cc1. The average molecular weight is 352 g/mol. The fourth-order valence-corrected chi connectivity index (χ4v) is 4.40. The van der Waals surface area contributed by atoms with Crippen molar-refractivity contribution >= 4 is 21.9 Å². The van der Waals surface area contributed by atoms with Gasteiger partial charge in [-0.05, 0) is 37.1 Å². The van der Waals surface area contributed by atoms with E-state index >= 15 is 0 Å². The minimum Gasteiger partial charge on any atom is -0.478 e. The van der Waals surface area contributed by atoms with Gasteiger partial charge in [-0.3, -0.25) is 4.79 Å². The molecule has 1 N–H and O–H groups in total. The second-order valence-electron chi connectivity index (χ2n) is 6.19. The molecule has 1 aliphatic carbocycles. The maximum Gasteiger partial charge on any atom is 0.335 e. The summed E-state index contributed by atoms with van der Waals surface area (Å²) in [7, 11) is -3.66. The van der Waals surface area contributed by atoms with Crippen molar-refractivity contribution in [3.8, 4) is 0 Å². The van der Waals surface area contributed by atoms with Crippen molar-refractivity contribution in [3.05, 3.63) is 29.8 Å². The van der Waals surface area contributed by atoms with E-state index in [0.29, 0.717) is 13.1 Å². The van der Waals surface area contributed by atoms with Crippen molar-refractivity contribution in [1.29, 1.82) is 0 Å². The molecule has 1 saturated carbocycles. The van der Waals surface area contributed by atoms with Gasteiger partial charge in [0, 0.05) is 32.1 Å². The number of carboxylic acid groups (broad SMARTS) is 1. The Bertz CT molecular complexity index is 732. The Labute approximate surface area is 140 Å². The van der Waals surface area contributed by atoms with Gasteiger partial charge in [-0.1, -0.05) is 6.42 Å². The maximum absolute atomic E-state index is 12.6. The van der Waals surface area contributed by atoms with E-state index in [0.717, 1.165) is 19.3 Å². The monoisotopic (exact) mass is 352 g/mol. The molecule has 1 aromatic rings. The molecule has 7 nitrogen and oxygen atoms in total. The Morgan fingerprint density at radius 2 is 1.58 bits per heavy atom. The van der Waals surface area contributed by atoms with E-state index in [1.165, 1.54) is 28.6 Å². The standard InChI is InChI=1S/C16H20N2O5S/c19-15(12-2-1-3-12)17-8-10-18(11-9-17)24(22,23)14-6-4-13(5-7-14)16(20)21/h4-7,12H,1-3,8-11H2,(H,20,21). The van der Waals surface area contributed by atoms with Crippen LogP contribution in [-0.4, -0.2) is 60.8 Å². The number of hydrogen-bond acceptors (Lipinski definition) is 4. The lowest BCUT2D eigenvalue weighted by molar-refractivity contribution is -0.139. The van der Waals surface area contributed by atoms with Crippen LogP contribution in [0, 0.1) is 5.92 Å². The first-order valence-electron chi connectivity index (χ1n) is 8.02. The van der Waals surface area contributed by atoms with Crippen LogP contribution in [0.1, 0.15) is 29.6 Å². The minimum absolute atomic E-state index is 0.0462. The zero-order chi connectivity index (χ0) is 17.3. The fraction of sp³-hybridized carbons (Fsp3) is 0.500. The normalized spacial score (nSPS) is 19.8. The molecule has 0 radical (unpaired) electrons. The molecule has 1 heterocycles. The number of piperazine rings is 1. The Morgan fingerprint density at radius 1 is 1.00 bits per heavy atom. The molecule has 2 aliphatic rings. The zero-order valence-corrected chi connectivity index (χ0v) is 14.0. The summed E-state index contributed by atoms with van der Waals surface area (Å²) in [6.07, 6.45) is 2.97. The van der Waals surface area contributed by atoms with E-state index in [2.05, 4.69) is 0 Å². The van der Waals surface area contributed by atoms with Crippen molar-refractivity contribution < 1.29 is 23.1 Å². The summed E-state index contributed by atoms with van der Waals surface area (Å²) in [5.41, 5.74) is 0.0462. The number of carbonyl (C=O) groups excluding carboxylic acids is 1. The molecular formula is C16H20N2O5S. The molecular weight excluding hydrogens is 332 g/mol. The topological polar surface area (TPSA) is 95.0 Å². The number of carboxylic acids is 1. The van der Waals surface area contributed by atoms with Gasteiger partial charge < -0.3 is 10.0 Å². The molecule has 2 fully saturated rings. The summed E-state index contributed by atoms with van der Waals surface area (Å²) < 4.78 is 26.6. The highest BCUT2D eigenvalue weighted by Crippen LogP contribution is 2.29. The van der Waals surface area contributed by atoms with Gasteiger partial charge in [0.15, 0.2) is 0 Å². The highest BCUT2D eigenvalue weighted by molar-refractivity contribution is 7.89. The van der Waals surface area contributed by atoms with Crippen molar-refractivity contribution in [2.45, 2.75) is 24.2 Å². The molecule has 0 spiro atoms. The summed E-state index contributed by atoms with van der Waals surface area (Å²) in [4.78, 5) is 24.9. The Kier molecular flexibility index (Phi) is 4.60. The van der Waals surface area contributed by atoms with E-state index in [1.54, 1.807) is 4.90 Å². The Morgan fingerprint density at radius 3 is 2.04 bits per heavy atom. The Hall–Kier alpha value is -1.93. The van der Waals surface area contributed by atoms with E-state index in [-0.39, 0.29) is 35.4 Å². The van der Waals surface area contributed by atoms with Crippen LogP contribution in [0.25, 0.3) is 0 Å². The van der Waals surface area contributed by atoms with Crippen molar-refractivity contribution in [2.75, 3.05) is 26.2 Å². The summed E-state index contributed by atoms with van der Waals surface area (Å²) in [6.45, 7) is 1.34. The highest BCUT2D eigenvalue weighted by Gasteiger charge is 2.34. The van der Waals surface area contributed by atoms with Crippen LogP contribution in [0.3, 0.4) is 0 Å². The molecule has 0 unspecified atom stereocenters. The number of rotatable bonds is 4. The van der Waals surface area contributed by atoms with Crippen molar-refractivity contribution in [2.24, 2.45) is 5.92 Å². The van der Waals surface area contributed by atoms with Crippen LogP contribution in [0.15, 0.2) is 29.2 Å². The number of amides is 1. The molecule has 24 heavy (non-hydrogen) atoms. The maximum atomic E-state index is 12.6. The van der Waals surface area contributed by atoms with Crippen LogP contribution in [0.4, 0.5) is 0 Å². The summed E-state index contributed by atoms with van der Waals surface area (Å²) in [5.74, 6) is -0.831. The van der Waals surface area contributed by atoms with Crippen LogP contribution < -0.4 is 0 Å². The Balaban J connectivity index is 1.66. The second kappa shape index (κ2) is 6.52. The van der Waals surface area contributed by atoms with Crippen LogP contribution in [0.2, 0.25) is 0 Å². The van der Waals surface area contributed by atoms with Gasteiger partial charge in [0.05, 0.1) is 10.5 Å². The number of nitrogens with zero attached hydrogens (tertiary/aromatic N) is 2. The van der Waals surface area contributed by atoms with Crippen LogP contribution in [-0.2, 0) is 14.8 Å². The number of aromatic carboxylic acids is 1. The van der Waals surface area contributed by atoms with Gasteiger partial charge in [0.2, 0.25) is 15.9 Å². The largest absolute Gasteiger partial charge is 0.478 e. The molecule has 3 rings (SSSR count). The quantitative estimate of drug-likeness (QED) is 0.873. The lowest BCUT2D eigenvalue weighted by atomic mass is 9.84. The fourth-order valence-electron chi connectivity index (χ4n) is 2.98. The molecule has 1 aliphatic heterocycles. The molecule has 0 aromatic heterocycles. The van der Waals surface area contributed by atoms with Gasteiger partial charge in [-0.15, -0.1) is 0 Å². The van der Waals surface area contributed by atoms with E-state index in [9.17, 15) is 18.0 Å². The summed E-state index contributed by atoms with van der Waals surface area (Å²) in [6, 6.07) is 5.19. The number of carbonyl (C=O) groups is 2. The molecule has 8 heteroatoms. The number of sulfonamides is 1. The minimum atomic E-state index is -3.66. The summed E-state index contributed by atoms with van der Waals surface area (Å²) >= 11 is 0. The van der Waals surface area contributed by atoms with E-state index < -0.39 is 16.0 Å². The average Bonchev–Trinajstić information content (AvgIpc) is 2.53. The molecule has 0 bridgehead atoms. The van der Waals surface area contributed by atoms with Gasteiger partial charge in [0.25, 0.3) is 0 Å². The van der Waals surface area contributed by atoms with Crippen molar-refractivity contribution in [3.63, 3.8) is 0 Å². The second-order valence-corrected chi connectivity index (χ2v) is 8.12. The van der Waals surface area contributed by atoms with E-state index in [1.807, 2.05) is 0 Å². The third kappa shape index (κ3) is 3.16. The first-order chi connectivity index (χ1) is 11.4. The first kappa shape index (κ1) is 16.9. The van der Waals surface area contributed by atoms with Crippen molar-refractivity contribution in [1.82, 2.24) is 9.21 Å². The predicted molar refractivity (Wildman–Crippen MR) is 86.1 cm³/mol. The van der Waals surface area contributed by atoms with Gasteiger partial charge >= 0.3 is 5.97 Å². The lowest BCUT2D eigenvalue weighted by Crippen LogP contribution is -2.52. The van der Waals surface area contributed by atoms with Gasteiger partial charge in [-0.2, -0.15) is 4.31 Å². The molecule has 1 aromatic carbocycles. The highest BCUT2D eigenvalue weighted by atomic mass is 32.2. The molecule has 0 atom stereocenters. The van der Waals surface area contributed by atoms with Crippen LogP contribution in [0.5, 0.6) is 0 Å². The smallest absolute Gasteiger partial charge is 0.335 e. The number of benzene rings is 1. The molecule has 1 saturated heterocycles. The zero-order valence-electron chi connectivity index (χ0n) is 13.2. The lowest BCUT2D eigenvalue weighted by Gasteiger charge is -2.37. The van der Waals surface area contributed by atoms with Gasteiger partial charge in [-0.25, -0.2) is 13.2 Å². The third-order valence-corrected chi connectivity index (χ3v) is 6.66.